The molecule has 2 heterocycles. The Bertz CT molecular complexity index is 1340. The van der Waals surface area contributed by atoms with Crippen LogP contribution < -0.4 is 0 Å². The molecule has 8 heteroatoms. The Morgan fingerprint density at radius 1 is 1.03 bits per heavy atom. The highest BCUT2D eigenvalue weighted by molar-refractivity contribution is 8.18. The molecule has 2 aromatic carbocycles. The van der Waals surface area contributed by atoms with Gasteiger partial charge in [0.2, 0.25) is 0 Å². The van der Waals surface area contributed by atoms with Crippen LogP contribution >= 0.6 is 11.8 Å². The van der Waals surface area contributed by atoms with Crippen molar-refractivity contribution < 1.29 is 28.7 Å². The molecule has 1 fully saturated rings. The van der Waals surface area contributed by atoms with Gasteiger partial charge in [-0.1, -0.05) is 35.9 Å². The van der Waals surface area contributed by atoms with Gasteiger partial charge in [-0.2, -0.15) is 0 Å². The number of carboxylic acid groups (broad SMARTS) is 1. The average molecular weight is 476 g/mol. The number of aromatic carboxylic acids is 1. The lowest BCUT2D eigenvalue weighted by Gasteiger charge is -2.11. The normalized spacial score (nSPS) is 14.8. The van der Waals surface area contributed by atoms with Gasteiger partial charge in [-0.25, -0.2) is 4.79 Å². The second-order valence-electron chi connectivity index (χ2n) is 8.01. The molecule has 7 nitrogen and oxygen atoms in total. The first kappa shape index (κ1) is 23.3. The van der Waals surface area contributed by atoms with Crippen LogP contribution in [0.1, 0.15) is 32.8 Å². The summed E-state index contributed by atoms with van der Waals surface area (Å²) in [5, 5.41) is 8.68. The van der Waals surface area contributed by atoms with Gasteiger partial charge < -0.3 is 9.52 Å². The van der Waals surface area contributed by atoms with E-state index in [0.29, 0.717) is 22.6 Å². The number of benzene rings is 2. The fraction of sp³-hybridized carbons (Fsp3) is 0.154. The van der Waals surface area contributed by atoms with Crippen LogP contribution in [0.15, 0.2) is 63.9 Å². The van der Waals surface area contributed by atoms with Crippen molar-refractivity contribution in [3.8, 4) is 11.3 Å². The Balaban J connectivity index is 1.45. The van der Waals surface area contributed by atoms with E-state index in [1.807, 2.05) is 31.2 Å². The minimum absolute atomic E-state index is 0.142. The number of imide groups is 1. The molecule has 1 aliphatic rings. The number of aryl methyl sites for hydroxylation is 2. The first-order valence-corrected chi connectivity index (χ1v) is 11.3. The summed E-state index contributed by atoms with van der Waals surface area (Å²) in [5.41, 5.74) is 3.41. The van der Waals surface area contributed by atoms with Gasteiger partial charge in [-0.05, 0) is 61.0 Å². The van der Waals surface area contributed by atoms with Gasteiger partial charge in [0.25, 0.3) is 11.1 Å². The van der Waals surface area contributed by atoms with E-state index >= 15 is 0 Å². The number of furan rings is 1. The summed E-state index contributed by atoms with van der Waals surface area (Å²) >= 11 is 0.761. The number of carboxylic acids is 1. The summed E-state index contributed by atoms with van der Waals surface area (Å²) in [6, 6.07) is 15.7. The van der Waals surface area contributed by atoms with Crippen LogP contribution in [-0.2, 0) is 16.0 Å². The molecule has 0 aliphatic carbocycles. The summed E-state index contributed by atoms with van der Waals surface area (Å²) in [7, 11) is 0. The Hall–Kier alpha value is -3.91. The number of nitrogens with zero attached hydrogens (tertiary/aromatic N) is 1. The van der Waals surface area contributed by atoms with E-state index in [1.165, 1.54) is 12.1 Å². The number of thioether (sulfide) groups is 1. The summed E-state index contributed by atoms with van der Waals surface area (Å²) in [4.78, 5) is 49.9. The standard InChI is InChI=1S/C26H21NO6S/c1-15-3-5-17(6-4-15)12-19(28)14-27-24(29)23(34-26(27)32)13-20-8-10-22(33-20)18-7-9-21(25(30)31)16(2)11-18/h3-11,13H,12,14H2,1-2H3,(H,30,31)/b23-13-. The lowest BCUT2D eigenvalue weighted by atomic mass is 10.0. The highest BCUT2D eigenvalue weighted by atomic mass is 32.2. The van der Waals surface area contributed by atoms with Gasteiger partial charge in [0, 0.05) is 18.1 Å². The zero-order chi connectivity index (χ0) is 24.4. The number of ketones is 1. The lowest BCUT2D eigenvalue weighted by molar-refractivity contribution is -0.128. The molecule has 0 spiro atoms. The van der Waals surface area contributed by atoms with Gasteiger partial charge in [0.1, 0.15) is 11.5 Å². The van der Waals surface area contributed by atoms with E-state index in [0.717, 1.165) is 27.8 Å². The molecule has 1 aliphatic heterocycles. The van der Waals surface area contributed by atoms with Crippen LogP contribution in [0.3, 0.4) is 0 Å². The molecule has 34 heavy (non-hydrogen) atoms. The molecule has 1 N–H and O–H groups in total. The van der Waals surface area contributed by atoms with Crippen molar-refractivity contribution >= 4 is 40.7 Å². The number of Topliss-reactive ketones (excluding diaryl/α,β-unsaturated/α-hetero) is 1. The van der Waals surface area contributed by atoms with Crippen molar-refractivity contribution in [3.63, 3.8) is 0 Å². The molecule has 172 valence electrons. The summed E-state index contributed by atoms with van der Waals surface area (Å²) in [6.45, 7) is 3.37. The number of carbonyl (C=O) groups excluding carboxylic acids is 3. The highest BCUT2D eigenvalue weighted by Gasteiger charge is 2.36. The molecule has 0 unspecified atom stereocenters. The lowest BCUT2D eigenvalue weighted by Crippen LogP contribution is -2.34. The minimum Gasteiger partial charge on any atom is -0.478 e. The Morgan fingerprint density at radius 2 is 1.76 bits per heavy atom. The third kappa shape index (κ3) is 5.02. The fourth-order valence-electron chi connectivity index (χ4n) is 3.57. The molecule has 3 aromatic rings. The first-order valence-electron chi connectivity index (χ1n) is 10.5. The topological polar surface area (TPSA) is 105 Å². The van der Waals surface area contributed by atoms with E-state index in [-0.39, 0.29) is 29.2 Å². The Labute approximate surface area is 200 Å². The van der Waals surface area contributed by atoms with Gasteiger partial charge in [0.15, 0.2) is 5.78 Å². The maximum atomic E-state index is 12.7. The number of hydrogen-bond donors (Lipinski definition) is 1. The maximum absolute atomic E-state index is 12.7. The van der Waals surface area contributed by atoms with Gasteiger partial charge in [0.05, 0.1) is 17.0 Å². The van der Waals surface area contributed by atoms with Crippen LogP contribution in [0, 0.1) is 13.8 Å². The van der Waals surface area contributed by atoms with Crippen LogP contribution in [-0.4, -0.2) is 39.5 Å². The summed E-state index contributed by atoms with van der Waals surface area (Å²) in [5.74, 6) is -0.901. The van der Waals surface area contributed by atoms with E-state index in [4.69, 9.17) is 4.42 Å². The molecule has 0 atom stereocenters. The molecular weight excluding hydrogens is 454 g/mol. The zero-order valence-corrected chi connectivity index (χ0v) is 19.3. The van der Waals surface area contributed by atoms with Crippen molar-refractivity contribution in [1.29, 1.82) is 0 Å². The van der Waals surface area contributed by atoms with Crippen molar-refractivity contribution in [2.75, 3.05) is 6.54 Å². The number of carbonyl (C=O) groups is 4. The Morgan fingerprint density at radius 3 is 2.44 bits per heavy atom. The second kappa shape index (κ2) is 9.52. The molecule has 0 bridgehead atoms. The molecule has 0 radical (unpaired) electrons. The van der Waals surface area contributed by atoms with Gasteiger partial charge >= 0.3 is 5.97 Å². The van der Waals surface area contributed by atoms with E-state index in [2.05, 4.69) is 0 Å². The minimum atomic E-state index is -1.00. The van der Waals surface area contributed by atoms with Crippen LogP contribution in [0.25, 0.3) is 17.4 Å². The first-order chi connectivity index (χ1) is 16.2. The highest BCUT2D eigenvalue weighted by Crippen LogP contribution is 2.33. The molecule has 1 saturated heterocycles. The third-order valence-electron chi connectivity index (χ3n) is 5.37. The Kier molecular flexibility index (Phi) is 6.51. The summed E-state index contributed by atoms with van der Waals surface area (Å²) in [6.07, 6.45) is 1.61. The van der Waals surface area contributed by atoms with Crippen molar-refractivity contribution in [2.45, 2.75) is 20.3 Å². The molecule has 1 aromatic heterocycles. The van der Waals surface area contributed by atoms with Crippen molar-refractivity contribution in [3.05, 3.63) is 87.5 Å². The second-order valence-corrected chi connectivity index (χ2v) is 9.00. The molecular formula is C26H21NO6S. The SMILES string of the molecule is Cc1ccc(CC(=O)CN2C(=O)S/C(=C\c3ccc(-c4ccc(C(=O)O)c(C)c4)o3)C2=O)cc1. The van der Waals surface area contributed by atoms with E-state index in [1.54, 1.807) is 31.2 Å². The fourth-order valence-corrected chi connectivity index (χ4v) is 4.39. The molecule has 0 saturated carbocycles. The van der Waals surface area contributed by atoms with Crippen LogP contribution in [0.4, 0.5) is 4.79 Å². The van der Waals surface area contributed by atoms with E-state index < -0.39 is 17.1 Å². The largest absolute Gasteiger partial charge is 0.478 e. The monoisotopic (exact) mass is 475 g/mol. The quantitative estimate of drug-likeness (QED) is 0.474. The zero-order valence-electron chi connectivity index (χ0n) is 18.5. The van der Waals surface area contributed by atoms with Crippen LogP contribution in [0.5, 0.6) is 0 Å². The molecule has 2 amide bonds. The summed E-state index contributed by atoms with van der Waals surface area (Å²) < 4.78 is 5.79. The van der Waals surface area contributed by atoms with Gasteiger partial charge in [-0.15, -0.1) is 0 Å². The smallest absolute Gasteiger partial charge is 0.335 e. The number of rotatable bonds is 7. The average Bonchev–Trinajstić information content (AvgIpc) is 3.35. The predicted molar refractivity (Wildman–Crippen MR) is 128 cm³/mol. The van der Waals surface area contributed by atoms with E-state index in [9.17, 15) is 24.3 Å². The van der Waals surface area contributed by atoms with Gasteiger partial charge in [-0.3, -0.25) is 19.3 Å². The van der Waals surface area contributed by atoms with Crippen molar-refractivity contribution in [1.82, 2.24) is 4.90 Å². The molecule has 4 rings (SSSR count). The maximum Gasteiger partial charge on any atom is 0.335 e. The van der Waals surface area contributed by atoms with Crippen LogP contribution in [0.2, 0.25) is 0 Å². The third-order valence-corrected chi connectivity index (χ3v) is 6.28. The number of hydrogen-bond acceptors (Lipinski definition) is 6. The number of amides is 2. The van der Waals surface area contributed by atoms with Crippen molar-refractivity contribution in [2.24, 2.45) is 0 Å². The predicted octanol–water partition coefficient (Wildman–Crippen LogP) is 5.11.